The Morgan fingerprint density at radius 2 is 2.31 bits per heavy atom. The molecule has 0 aliphatic heterocycles. The van der Waals surface area contributed by atoms with Gasteiger partial charge in [0.2, 0.25) is 5.89 Å². The van der Waals surface area contributed by atoms with Gasteiger partial charge in [-0.15, -0.1) is 0 Å². The number of hydrogen-bond acceptors (Lipinski definition) is 4. The van der Waals surface area contributed by atoms with Gasteiger partial charge < -0.3 is 15.6 Å². The number of aliphatic imine (C=N–C) groups is 1. The molecule has 0 spiro atoms. The molecule has 0 saturated heterocycles. The first-order chi connectivity index (χ1) is 7.58. The van der Waals surface area contributed by atoms with Crippen LogP contribution >= 0.6 is 0 Å². The Balaban J connectivity index is 2.22. The molecule has 6 nitrogen and oxygen atoms in total. The van der Waals surface area contributed by atoms with Crippen molar-refractivity contribution >= 4 is 5.96 Å². The molecule has 0 atom stereocenters. The van der Waals surface area contributed by atoms with Gasteiger partial charge in [0, 0.05) is 19.5 Å². The maximum absolute atomic E-state index is 5.66. The zero-order valence-corrected chi connectivity index (χ0v) is 10.0. The van der Waals surface area contributed by atoms with E-state index in [0.717, 1.165) is 6.54 Å². The largest absolute Gasteiger partial charge is 0.370 e. The van der Waals surface area contributed by atoms with Gasteiger partial charge in [0.25, 0.3) is 0 Å². The van der Waals surface area contributed by atoms with Crippen molar-refractivity contribution in [2.24, 2.45) is 16.6 Å². The van der Waals surface area contributed by atoms with E-state index >= 15 is 0 Å². The van der Waals surface area contributed by atoms with Crippen LogP contribution in [0.1, 0.15) is 25.6 Å². The quantitative estimate of drug-likeness (QED) is 0.562. The number of nitrogens with zero attached hydrogens (tertiary/aromatic N) is 3. The summed E-state index contributed by atoms with van der Waals surface area (Å²) in [5.74, 6) is 2.24. The van der Waals surface area contributed by atoms with Gasteiger partial charge in [-0.25, -0.2) is 0 Å². The molecule has 1 rings (SSSR count). The third-order valence-corrected chi connectivity index (χ3v) is 1.84. The summed E-state index contributed by atoms with van der Waals surface area (Å²) < 4.78 is 4.96. The van der Waals surface area contributed by atoms with Gasteiger partial charge in [-0.3, -0.25) is 4.99 Å². The second-order valence-corrected chi connectivity index (χ2v) is 4.03. The van der Waals surface area contributed by atoms with Crippen molar-refractivity contribution < 1.29 is 4.52 Å². The van der Waals surface area contributed by atoms with Gasteiger partial charge in [-0.1, -0.05) is 19.0 Å². The molecule has 0 aliphatic carbocycles. The van der Waals surface area contributed by atoms with Gasteiger partial charge in [0.15, 0.2) is 11.8 Å². The maximum Gasteiger partial charge on any atom is 0.228 e. The van der Waals surface area contributed by atoms with Gasteiger partial charge in [0.05, 0.1) is 0 Å². The molecule has 0 saturated carbocycles. The highest BCUT2D eigenvalue weighted by molar-refractivity contribution is 5.77. The molecule has 0 aliphatic rings. The summed E-state index contributed by atoms with van der Waals surface area (Å²) in [5.41, 5.74) is 5.66. The monoisotopic (exact) mass is 225 g/mol. The minimum atomic E-state index is 0.463. The summed E-state index contributed by atoms with van der Waals surface area (Å²) in [6.45, 7) is 7.36. The first-order valence-corrected chi connectivity index (χ1v) is 5.41. The van der Waals surface area contributed by atoms with Crippen LogP contribution in [0.15, 0.2) is 9.52 Å². The molecule has 6 heteroatoms. The Kier molecular flexibility index (Phi) is 4.75. The predicted molar refractivity (Wildman–Crippen MR) is 62.1 cm³/mol. The van der Waals surface area contributed by atoms with E-state index in [1.165, 1.54) is 0 Å². The minimum Gasteiger partial charge on any atom is -0.370 e. The van der Waals surface area contributed by atoms with E-state index in [1.54, 1.807) is 6.92 Å². The van der Waals surface area contributed by atoms with Crippen molar-refractivity contribution in [1.29, 1.82) is 0 Å². The highest BCUT2D eigenvalue weighted by atomic mass is 16.5. The normalized spacial score (nSPS) is 12.1. The molecule has 1 aromatic rings. The van der Waals surface area contributed by atoms with Crippen molar-refractivity contribution in [2.75, 3.05) is 13.1 Å². The third kappa shape index (κ3) is 4.77. The molecule has 0 unspecified atom stereocenters. The zero-order chi connectivity index (χ0) is 12.0. The number of aryl methyl sites for hydroxylation is 1. The topological polar surface area (TPSA) is 89.3 Å². The minimum absolute atomic E-state index is 0.463. The van der Waals surface area contributed by atoms with Gasteiger partial charge in [-0.05, 0) is 12.8 Å². The SMILES string of the molecule is Cc1noc(CCNC(N)=NCC(C)C)n1. The fourth-order valence-electron chi connectivity index (χ4n) is 1.08. The summed E-state index contributed by atoms with van der Waals surface area (Å²) in [7, 11) is 0. The Labute approximate surface area is 95.3 Å². The van der Waals surface area contributed by atoms with Crippen LogP contribution in [0.2, 0.25) is 0 Å². The lowest BCUT2D eigenvalue weighted by atomic mass is 10.2. The van der Waals surface area contributed by atoms with Crippen LogP contribution in [0.4, 0.5) is 0 Å². The highest BCUT2D eigenvalue weighted by Crippen LogP contribution is 1.95. The fourth-order valence-corrected chi connectivity index (χ4v) is 1.08. The van der Waals surface area contributed by atoms with Crippen LogP contribution < -0.4 is 11.1 Å². The van der Waals surface area contributed by atoms with E-state index in [4.69, 9.17) is 10.3 Å². The zero-order valence-electron chi connectivity index (χ0n) is 10.0. The standard InChI is InChI=1S/C10H19N5O/c1-7(2)6-13-10(11)12-5-4-9-14-8(3)15-16-9/h7H,4-6H2,1-3H3,(H3,11,12,13). The summed E-state index contributed by atoms with van der Waals surface area (Å²) >= 11 is 0. The van der Waals surface area contributed by atoms with Crippen molar-refractivity contribution in [3.8, 4) is 0 Å². The van der Waals surface area contributed by atoms with Crippen LogP contribution in [0.3, 0.4) is 0 Å². The van der Waals surface area contributed by atoms with Crippen LogP contribution in [0.25, 0.3) is 0 Å². The van der Waals surface area contributed by atoms with Crippen molar-refractivity contribution in [3.63, 3.8) is 0 Å². The maximum atomic E-state index is 5.66. The van der Waals surface area contributed by atoms with Crippen LogP contribution in [-0.4, -0.2) is 29.2 Å². The molecule has 90 valence electrons. The Bertz CT molecular complexity index is 345. The Hall–Kier alpha value is -1.59. The number of rotatable bonds is 5. The first kappa shape index (κ1) is 12.5. The molecule has 16 heavy (non-hydrogen) atoms. The van der Waals surface area contributed by atoms with E-state index in [2.05, 4.69) is 34.3 Å². The van der Waals surface area contributed by atoms with Crippen molar-refractivity contribution in [2.45, 2.75) is 27.2 Å². The Morgan fingerprint density at radius 3 is 2.88 bits per heavy atom. The number of guanidine groups is 1. The second-order valence-electron chi connectivity index (χ2n) is 4.03. The number of aromatic nitrogens is 2. The van der Waals surface area contributed by atoms with Crippen LogP contribution in [0.5, 0.6) is 0 Å². The predicted octanol–water partition coefficient (Wildman–Crippen LogP) is 0.481. The summed E-state index contributed by atoms with van der Waals surface area (Å²) in [4.78, 5) is 8.26. The summed E-state index contributed by atoms with van der Waals surface area (Å²) in [6, 6.07) is 0. The number of nitrogens with two attached hydrogens (primary N) is 1. The van der Waals surface area contributed by atoms with Crippen molar-refractivity contribution in [1.82, 2.24) is 15.5 Å². The van der Waals surface area contributed by atoms with E-state index in [9.17, 15) is 0 Å². The molecule has 1 heterocycles. The second kappa shape index (κ2) is 6.09. The van der Waals surface area contributed by atoms with E-state index in [1.807, 2.05) is 0 Å². The summed E-state index contributed by atoms with van der Waals surface area (Å²) in [5, 5.41) is 6.69. The summed E-state index contributed by atoms with van der Waals surface area (Å²) in [6.07, 6.45) is 0.652. The average molecular weight is 225 g/mol. The molecule has 0 fully saturated rings. The van der Waals surface area contributed by atoms with Crippen LogP contribution in [-0.2, 0) is 6.42 Å². The molecule has 0 amide bonds. The lowest BCUT2D eigenvalue weighted by molar-refractivity contribution is 0.374. The Morgan fingerprint density at radius 1 is 1.56 bits per heavy atom. The third-order valence-electron chi connectivity index (χ3n) is 1.84. The van der Waals surface area contributed by atoms with Gasteiger partial charge in [-0.2, -0.15) is 4.98 Å². The number of nitrogens with one attached hydrogen (secondary N) is 1. The highest BCUT2D eigenvalue weighted by Gasteiger charge is 2.01. The molecule has 0 aromatic carbocycles. The van der Waals surface area contributed by atoms with E-state index in [-0.39, 0.29) is 0 Å². The number of hydrogen-bond donors (Lipinski definition) is 2. The van der Waals surface area contributed by atoms with E-state index < -0.39 is 0 Å². The lowest BCUT2D eigenvalue weighted by Crippen LogP contribution is -2.33. The fraction of sp³-hybridized carbons (Fsp3) is 0.700. The molecule has 0 bridgehead atoms. The molecule has 0 radical (unpaired) electrons. The van der Waals surface area contributed by atoms with E-state index in [0.29, 0.717) is 36.6 Å². The van der Waals surface area contributed by atoms with Gasteiger partial charge >= 0.3 is 0 Å². The molecular weight excluding hydrogens is 206 g/mol. The smallest absolute Gasteiger partial charge is 0.228 e. The molecular formula is C10H19N5O. The molecule has 3 N–H and O–H groups in total. The lowest BCUT2D eigenvalue weighted by Gasteiger charge is -2.04. The van der Waals surface area contributed by atoms with Crippen molar-refractivity contribution in [3.05, 3.63) is 11.7 Å². The molecule has 1 aromatic heterocycles. The average Bonchev–Trinajstić information content (AvgIpc) is 2.61. The van der Waals surface area contributed by atoms with Crippen LogP contribution in [0, 0.1) is 12.8 Å². The first-order valence-electron chi connectivity index (χ1n) is 5.41. The van der Waals surface area contributed by atoms with Gasteiger partial charge in [0.1, 0.15) is 0 Å².